The summed E-state index contributed by atoms with van der Waals surface area (Å²) in [6.45, 7) is 3.30. The molecule has 1 aromatic rings. The second-order valence-corrected chi connectivity index (χ2v) is 4.94. The zero-order valence-electron chi connectivity index (χ0n) is 9.69. The van der Waals surface area contributed by atoms with E-state index < -0.39 is 0 Å². The maximum absolute atomic E-state index is 5.56. The Labute approximate surface area is 110 Å². The summed E-state index contributed by atoms with van der Waals surface area (Å²) in [6.07, 6.45) is 6.20. The molecule has 0 saturated carbocycles. The van der Waals surface area contributed by atoms with Crippen LogP contribution in [0.4, 0.5) is 0 Å². The van der Waals surface area contributed by atoms with Gasteiger partial charge in [0.15, 0.2) is 0 Å². The molecule has 0 aliphatic carbocycles. The molecule has 4 nitrogen and oxygen atoms in total. The smallest absolute Gasteiger partial charge is 0.138 e. The Hall–Kier alpha value is -0.650. The largest absolute Gasteiger partial charge is 0.491 e. The molecule has 2 heterocycles. The molecule has 0 amide bonds. The van der Waals surface area contributed by atoms with Crippen molar-refractivity contribution in [2.24, 2.45) is 0 Å². The molecule has 0 bridgehead atoms. The molecule has 1 saturated heterocycles. The topological polar surface area (TPSA) is 43.4 Å². The van der Waals surface area contributed by atoms with Crippen LogP contribution in [0.25, 0.3) is 0 Å². The van der Waals surface area contributed by atoms with Gasteiger partial charge in [0.05, 0.1) is 12.3 Å². The Morgan fingerprint density at radius 2 is 2.47 bits per heavy atom. The highest BCUT2D eigenvalue weighted by atomic mass is 79.9. The normalized spacial score (nSPS) is 19.5. The van der Waals surface area contributed by atoms with Gasteiger partial charge in [0.25, 0.3) is 0 Å². The standard InChI is InChI=1S/C12H17BrN2O2/c13-10-6-12(9-15-7-10)17-5-3-14-8-11-2-1-4-16-11/h6-7,9,11,14H,1-5,8H2. The Balaban J connectivity index is 1.56. The van der Waals surface area contributed by atoms with Gasteiger partial charge in [0, 0.05) is 30.4 Å². The van der Waals surface area contributed by atoms with Crippen LogP contribution < -0.4 is 10.1 Å². The van der Waals surface area contributed by atoms with Crippen LogP contribution in [-0.4, -0.2) is 37.4 Å². The van der Waals surface area contributed by atoms with E-state index in [4.69, 9.17) is 9.47 Å². The van der Waals surface area contributed by atoms with E-state index in [2.05, 4.69) is 26.2 Å². The van der Waals surface area contributed by atoms with Crippen molar-refractivity contribution in [3.05, 3.63) is 22.9 Å². The molecule has 1 N–H and O–H groups in total. The fourth-order valence-corrected chi connectivity index (χ4v) is 2.12. The summed E-state index contributed by atoms with van der Waals surface area (Å²) >= 11 is 3.35. The third kappa shape index (κ3) is 4.61. The SMILES string of the molecule is Brc1cncc(OCCNCC2CCCO2)c1. The van der Waals surface area contributed by atoms with Gasteiger partial charge in [0.2, 0.25) is 0 Å². The lowest BCUT2D eigenvalue weighted by molar-refractivity contribution is 0.109. The molecule has 1 aliphatic rings. The minimum Gasteiger partial charge on any atom is -0.491 e. The Morgan fingerprint density at radius 1 is 1.53 bits per heavy atom. The maximum Gasteiger partial charge on any atom is 0.138 e. The molecule has 1 atom stereocenters. The first-order chi connectivity index (χ1) is 8.34. The van der Waals surface area contributed by atoms with E-state index in [-0.39, 0.29) is 0 Å². The van der Waals surface area contributed by atoms with Crippen LogP contribution in [0.3, 0.4) is 0 Å². The van der Waals surface area contributed by atoms with Gasteiger partial charge in [-0.3, -0.25) is 4.98 Å². The van der Waals surface area contributed by atoms with Crippen LogP contribution >= 0.6 is 15.9 Å². The molecule has 0 radical (unpaired) electrons. The summed E-state index contributed by atoms with van der Waals surface area (Å²) in [4.78, 5) is 4.03. The number of nitrogens with zero attached hydrogens (tertiary/aromatic N) is 1. The Morgan fingerprint density at radius 3 is 3.24 bits per heavy atom. The van der Waals surface area contributed by atoms with Crippen molar-refractivity contribution in [3.63, 3.8) is 0 Å². The van der Waals surface area contributed by atoms with Crippen molar-refractivity contribution in [3.8, 4) is 5.75 Å². The Bertz CT molecular complexity index is 343. The highest BCUT2D eigenvalue weighted by Gasteiger charge is 2.14. The number of halogens is 1. The first-order valence-electron chi connectivity index (χ1n) is 5.90. The van der Waals surface area contributed by atoms with Crippen LogP contribution in [0.15, 0.2) is 22.9 Å². The first kappa shape index (κ1) is 12.8. The van der Waals surface area contributed by atoms with E-state index >= 15 is 0 Å². The minimum absolute atomic E-state index is 0.391. The van der Waals surface area contributed by atoms with Crippen molar-refractivity contribution in [2.75, 3.05) is 26.3 Å². The molecule has 94 valence electrons. The average Bonchev–Trinajstić information content (AvgIpc) is 2.82. The number of nitrogens with one attached hydrogen (secondary N) is 1. The second kappa shape index (κ2) is 6.93. The van der Waals surface area contributed by atoms with Crippen molar-refractivity contribution >= 4 is 15.9 Å². The van der Waals surface area contributed by atoms with E-state index in [1.807, 2.05) is 6.07 Å². The predicted octanol–water partition coefficient (Wildman–Crippen LogP) is 1.99. The molecule has 17 heavy (non-hydrogen) atoms. The van der Waals surface area contributed by atoms with Gasteiger partial charge in [-0.05, 0) is 34.8 Å². The van der Waals surface area contributed by atoms with E-state index in [0.29, 0.717) is 12.7 Å². The molecular weight excluding hydrogens is 284 g/mol. The predicted molar refractivity (Wildman–Crippen MR) is 69.3 cm³/mol. The monoisotopic (exact) mass is 300 g/mol. The van der Waals surface area contributed by atoms with Gasteiger partial charge in [-0.1, -0.05) is 0 Å². The van der Waals surface area contributed by atoms with Crippen LogP contribution in [0.5, 0.6) is 5.75 Å². The number of rotatable bonds is 6. The van der Waals surface area contributed by atoms with Gasteiger partial charge < -0.3 is 14.8 Å². The Kier molecular flexibility index (Phi) is 5.22. The van der Waals surface area contributed by atoms with Crippen molar-refractivity contribution in [2.45, 2.75) is 18.9 Å². The van der Waals surface area contributed by atoms with E-state index in [1.165, 1.54) is 12.8 Å². The fraction of sp³-hybridized carbons (Fsp3) is 0.583. The zero-order chi connectivity index (χ0) is 11.9. The highest BCUT2D eigenvalue weighted by Crippen LogP contribution is 2.15. The quantitative estimate of drug-likeness (QED) is 0.816. The summed E-state index contributed by atoms with van der Waals surface area (Å²) in [7, 11) is 0. The van der Waals surface area contributed by atoms with Gasteiger partial charge in [-0.2, -0.15) is 0 Å². The summed E-state index contributed by atoms with van der Waals surface area (Å²) in [5.74, 6) is 0.790. The first-order valence-corrected chi connectivity index (χ1v) is 6.69. The molecule has 1 unspecified atom stereocenters. The molecule has 1 aromatic heterocycles. The third-order valence-electron chi connectivity index (χ3n) is 2.62. The third-order valence-corrected chi connectivity index (χ3v) is 3.06. The number of aromatic nitrogens is 1. The van der Waals surface area contributed by atoms with Gasteiger partial charge >= 0.3 is 0 Å². The maximum atomic E-state index is 5.56. The molecule has 0 aromatic carbocycles. The van der Waals surface area contributed by atoms with E-state index in [9.17, 15) is 0 Å². The van der Waals surface area contributed by atoms with Gasteiger partial charge in [-0.15, -0.1) is 0 Å². The summed E-state index contributed by atoms with van der Waals surface area (Å²) in [5.41, 5.74) is 0. The van der Waals surface area contributed by atoms with Crippen molar-refractivity contribution in [1.29, 1.82) is 0 Å². The minimum atomic E-state index is 0.391. The van der Waals surface area contributed by atoms with Crippen molar-refractivity contribution in [1.82, 2.24) is 10.3 Å². The number of hydrogen-bond donors (Lipinski definition) is 1. The molecular formula is C12H17BrN2O2. The molecule has 1 aliphatic heterocycles. The van der Waals surface area contributed by atoms with Crippen LogP contribution in [0.1, 0.15) is 12.8 Å². The average molecular weight is 301 g/mol. The highest BCUT2D eigenvalue weighted by molar-refractivity contribution is 9.10. The lowest BCUT2D eigenvalue weighted by atomic mass is 10.2. The molecule has 0 spiro atoms. The van der Waals surface area contributed by atoms with Crippen molar-refractivity contribution < 1.29 is 9.47 Å². The second-order valence-electron chi connectivity index (χ2n) is 4.03. The van der Waals surface area contributed by atoms with E-state index in [0.717, 1.165) is 29.9 Å². The number of hydrogen-bond acceptors (Lipinski definition) is 4. The lowest BCUT2D eigenvalue weighted by Gasteiger charge is -2.11. The van der Waals surface area contributed by atoms with Crippen LogP contribution in [0, 0.1) is 0 Å². The summed E-state index contributed by atoms with van der Waals surface area (Å²) in [6, 6.07) is 1.91. The molecule has 2 rings (SSSR count). The molecule has 5 heteroatoms. The lowest BCUT2D eigenvalue weighted by Crippen LogP contribution is -2.29. The fourth-order valence-electron chi connectivity index (χ4n) is 1.78. The molecule has 1 fully saturated rings. The number of pyridine rings is 1. The van der Waals surface area contributed by atoms with Crippen LogP contribution in [-0.2, 0) is 4.74 Å². The zero-order valence-corrected chi connectivity index (χ0v) is 11.3. The summed E-state index contributed by atoms with van der Waals surface area (Å²) < 4.78 is 12.0. The van der Waals surface area contributed by atoms with Gasteiger partial charge in [0.1, 0.15) is 12.4 Å². The van der Waals surface area contributed by atoms with Crippen LogP contribution in [0.2, 0.25) is 0 Å². The van der Waals surface area contributed by atoms with Gasteiger partial charge in [-0.25, -0.2) is 0 Å². The number of ether oxygens (including phenoxy) is 2. The van der Waals surface area contributed by atoms with E-state index in [1.54, 1.807) is 12.4 Å². The summed E-state index contributed by atoms with van der Waals surface area (Å²) in [5, 5.41) is 3.33.